The molecule has 168 valence electrons. The average Bonchev–Trinajstić information content (AvgIpc) is 3.23. The van der Waals surface area contributed by atoms with Crippen molar-refractivity contribution in [3.63, 3.8) is 0 Å². The Kier molecular flexibility index (Phi) is 6.13. The van der Waals surface area contributed by atoms with Crippen LogP contribution in [-0.2, 0) is 9.47 Å². The zero-order chi connectivity index (χ0) is 22.0. The van der Waals surface area contributed by atoms with E-state index < -0.39 is 5.60 Å². The number of amides is 1. The number of benzene rings is 1. The summed E-state index contributed by atoms with van der Waals surface area (Å²) in [5, 5.41) is 4.11. The number of anilines is 1. The molecule has 0 bridgehead atoms. The fourth-order valence-corrected chi connectivity index (χ4v) is 3.89. The number of rotatable bonds is 3. The third kappa shape index (κ3) is 4.98. The zero-order valence-corrected chi connectivity index (χ0v) is 18.3. The summed E-state index contributed by atoms with van der Waals surface area (Å²) in [4.78, 5) is 20.4. The van der Waals surface area contributed by atoms with Crippen LogP contribution < -0.4 is 4.90 Å². The topological polar surface area (TPSA) is 80.9 Å². The molecule has 1 aromatic heterocycles. The van der Waals surface area contributed by atoms with Crippen molar-refractivity contribution in [1.82, 2.24) is 15.0 Å². The quantitative estimate of drug-likeness (QED) is 0.729. The number of hydrogen-bond donors (Lipinski definition) is 0. The van der Waals surface area contributed by atoms with Gasteiger partial charge in [0, 0.05) is 32.1 Å². The van der Waals surface area contributed by atoms with Gasteiger partial charge in [0.15, 0.2) is 11.6 Å². The molecule has 1 amide bonds. The highest BCUT2D eigenvalue weighted by Gasteiger charge is 2.30. The molecule has 2 aliphatic heterocycles. The van der Waals surface area contributed by atoms with Gasteiger partial charge in [-0.05, 0) is 45.7 Å². The third-order valence-electron chi connectivity index (χ3n) is 5.51. The van der Waals surface area contributed by atoms with Crippen LogP contribution in [-0.4, -0.2) is 66.1 Å². The van der Waals surface area contributed by atoms with E-state index in [0.29, 0.717) is 69.3 Å². The Morgan fingerprint density at radius 2 is 1.87 bits per heavy atom. The third-order valence-corrected chi connectivity index (χ3v) is 5.51. The molecule has 0 spiro atoms. The standard InChI is InChI=1S/C22H29FN4O4/c1-22(2,3)30-21(28)27-9-7-15(8-10-27)19-24-20(31-25-19)16-5-4-6-17(18(16)23)26-11-13-29-14-12-26/h4-6,15H,7-14H2,1-3H3. The lowest BCUT2D eigenvalue weighted by molar-refractivity contribution is 0.0203. The van der Waals surface area contributed by atoms with Crippen LogP contribution >= 0.6 is 0 Å². The number of halogens is 1. The van der Waals surface area contributed by atoms with Gasteiger partial charge < -0.3 is 23.8 Å². The van der Waals surface area contributed by atoms with Crippen molar-refractivity contribution in [1.29, 1.82) is 0 Å². The molecule has 2 aliphatic rings. The van der Waals surface area contributed by atoms with E-state index in [2.05, 4.69) is 10.1 Å². The molecular formula is C22H29FN4O4. The van der Waals surface area contributed by atoms with E-state index >= 15 is 4.39 Å². The Hall–Kier alpha value is -2.68. The van der Waals surface area contributed by atoms with Gasteiger partial charge in [-0.2, -0.15) is 4.98 Å². The molecule has 31 heavy (non-hydrogen) atoms. The van der Waals surface area contributed by atoms with Crippen molar-refractivity contribution < 1.29 is 23.2 Å². The van der Waals surface area contributed by atoms with Crippen molar-refractivity contribution in [2.24, 2.45) is 0 Å². The molecule has 0 saturated carbocycles. The second-order valence-electron chi connectivity index (χ2n) is 8.94. The number of aromatic nitrogens is 2. The van der Waals surface area contributed by atoms with Gasteiger partial charge in [0.25, 0.3) is 5.89 Å². The van der Waals surface area contributed by atoms with Crippen LogP contribution in [0.4, 0.5) is 14.9 Å². The summed E-state index contributed by atoms with van der Waals surface area (Å²) in [5.74, 6) is 0.424. The molecule has 8 nitrogen and oxygen atoms in total. The number of morpholine rings is 1. The summed E-state index contributed by atoms with van der Waals surface area (Å²) in [6, 6.07) is 5.21. The molecule has 9 heteroatoms. The van der Waals surface area contributed by atoms with Crippen LogP contribution in [0.5, 0.6) is 0 Å². The second kappa shape index (κ2) is 8.82. The number of likely N-dealkylation sites (tertiary alicyclic amines) is 1. The Bertz CT molecular complexity index is 912. The molecule has 4 rings (SSSR count). The summed E-state index contributed by atoms with van der Waals surface area (Å²) in [5.41, 5.74) is 0.302. The van der Waals surface area contributed by atoms with Gasteiger partial charge >= 0.3 is 6.09 Å². The van der Waals surface area contributed by atoms with Crippen molar-refractivity contribution in [3.8, 4) is 11.5 Å². The summed E-state index contributed by atoms with van der Waals surface area (Å²) in [7, 11) is 0. The molecule has 0 radical (unpaired) electrons. The van der Waals surface area contributed by atoms with Crippen LogP contribution in [0.15, 0.2) is 22.7 Å². The Morgan fingerprint density at radius 1 is 1.16 bits per heavy atom. The van der Waals surface area contributed by atoms with Crippen LogP contribution in [0.3, 0.4) is 0 Å². The Balaban J connectivity index is 1.43. The van der Waals surface area contributed by atoms with Crippen LogP contribution in [0.2, 0.25) is 0 Å². The van der Waals surface area contributed by atoms with Gasteiger partial charge in [0.05, 0.1) is 24.5 Å². The maximum absolute atomic E-state index is 15.2. The van der Waals surface area contributed by atoms with Crippen molar-refractivity contribution in [2.75, 3.05) is 44.3 Å². The van der Waals surface area contributed by atoms with Crippen molar-refractivity contribution in [2.45, 2.75) is 45.1 Å². The van der Waals surface area contributed by atoms with Gasteiger partial charge in [-0.3, -0.25) is 0 Å². The Morgan fingerprint density at radius 3 is 2.55 bits per heavy atom. The number of carbonyl (C=O) groups excluding carboxylic acids is 1. The zero-order valence-electron chi connectivity index (χ0n) is 18.3. The van der Waals surface area contributed by atoms with Crippen LogP contribution in [0.25, 0.3) is 11.5 Å². The molecule has 0 atom stereocenters. The number of ether oxygens (including phenoxy) is 2. The summed E-state index contributed by atoms with van der Waals surface area (Å²) < 4.78 is 31.4. The maximum Gasteiger partial charge on any atom is 0.410 e. The van der Waals surface area contributed by atoms with E-state index in [-0.39, 0.29) is 23.7 Å². The predicted octanol–water partition coefficient (Wildman–Crippen LogP) is 3.83. The molecular weight excluding hydrogens is 403 g/mol. The first kappa shape index (κ1) is 21.5. The molecule has 2 saturated heterocycles. The molecule has 3 heterocycles. The first-order valence-corrected chi connectivity index (χ1v) is 10.7. The highest BCUT2D eigenvalue weighted by Crippen LogP contribution is 2.32. The minimum Gasteiger partial charge on any atom is -0.444 e. The lowest BCUT2D eigenvalue weighted by atomic mass is 9.96. The fraction of sp³-hybridized carbons (Fsp3) is 0.591. The highest BCUT2D eigenvalue weighted by atomic mass is 19.1. The smallest absolute Gasteiger partial charge is 0.410 e. The average molecular weight is 432 g/mol. The number of hydrogen-bond acceptors (Lipinski definition) is 7. The normalized spacial score (nSPS) is 18.3. The SMILES string of the molecule is CC(C)(C)OC(=O)N1CCC(c2noc(-c3cccc(N4CCOCC4)c3F)n2)CC1. The molecule has 0 N–H and O–H groups in total. The number of carbonyl (C=O) groups is 1. The molecule has 1 aromatic carbocycles. The first-order valence-electron chi connectivity index (χ1n) is 10.7. The van der Waals surface area contributed by atoms with Crippen LogP contribution in [0.1, 0.15) is 45.4 Å². The van der Waals surface area contributed by atoms with Gasteiger partial charge in [-0.25, -0.2) is 9.18 Å². The van der Waals surface area contributed by atoms with E-state index in [1.807, 2.05) is 25.7 Å². The van der Waals surface area contributed by atoms with Gasteiger partial charge in [0.2, 0.25) is 0 Å². The van der Waals surface area contributed by atoms with E-state index in [4.69, 9.17) is 14.0 Å². The lowest BCUT2D eigenvalue weighted by Gasteiger charge is -2.32. The van der Waals surface area contributed by atoms with Crippen molar-refractivity contribution >= 4 is 11.8 Å². The first-order chi connectivity index (χ1) is 14.8. The molecule has 2 aromatic rings. The van der Waals surface area contributed by atoms with Gasteiger partial charge in [-0.15, -0.1) is 0 Å². The van der Waals surface area contributed by atoms with E-state index in [1.54, 1.807) is 23.1 Å². The number of nitrogens with zero attached hydrogens (tertiary/aromatic N) is 4. The fourth-order valence-electron chi connectivity index (χ4n) is 3.89. The van der Waals surface area contributed by atoms with E-state index in [0.717, 1.165) is 0 Å². The van der Waals surface area contributed by atoms with E-state index in [9.17, 15) is 4.79 Å². The summed E-state index contributed by atoms with van der Waals surface area (Å²) in [6.45, 7) is 9.13. The minimum absolute atomic E-state index is 0.0571. The largest absolute Gasteiger partial charge is 0.444 e. The van der Waals surface area contributed by atoms with Crippen molar-refractivity contribution in [3.05, 3.63) is 29.8 Å². The molecule has 2 fully saturated rings. The second-order valence-corrected chi connectivity index (χ2v) is 8.94. The monoisotopic (exact) mass is 432 g/mol. The van der Waals surface area contributed by atoms with Gasteiger partial charge in [0.1, 0.15) is 5.60 Å². The summed E-state index contributed by atoms with van der Waals surface area (Å²) >= 11 is 0. The Labute approximate surface area is 181 Å². The summed E-state index contributed by atoms with van der Waals surface area (Å²) in [6.07, 6.45) is 1.10. The van der Waals surface area contributed by atoms with Gasteiger partial charge in [-0.1, -0.05) is 11.2 Å². The molecule has 0 aliphatic carbocycles. The highest BCUT2D eigenvalue weighted by molar-refractivity contribution is 5.68. The predicted molar refractivity (Wildman–Crippen MR) is 113 cm³/mol. The molecule has 0 unspecified atom stereocenters. The minimum atomic E-state index is -0.518. The maximum atomic E-state index is 15.2. The number of piperidine rings is 1. The van der Waals surface area contributed by atoms with E-state index in [1.165, 1.54) is 0 Å². The lowest BCUT2D eigenvalue weighted by Crippen LogP contribution is -2.41. The van der Waals surface area contributed by atoms with Crippen LogP contribution in [0, 0.1) is 5.82 Å².